The van der Waals surface area contributed by atoms with Crippen molar-refractivity contribution in [3.05, 3.63) is 23.9 Å². The minimum atomic E-state index is -4.35. The van der Waals surface area contributed by atoms with Crippen LogP contribution in [0, 0.1) is 6.92 Å². The molecule has 0 saturated carbocycles. The van der Waals surface area contributed by atoms with Crippen molar-refractivity contribution in [2.75, 3.05) is 31.6 Å². The summed E-state index contributed by atoms with van der Waals surface area (Å²) in [7, 11) is 0. The lowest BCUT2D eigenvalue weighted by Gasteiger charge is -2.34. The molecule has 8 heteroatoms. The Morgan fingerprint density at radius 2 is 2.29 bits per heavy atom. The molecule has 1 aromatic heterocycles. The van der Waals surface area contributed by atoms with Gasteiger partial charge >= 0.3 is 6.18 Å². The van der Waals surface area contributed by atoms with Crippen LogP contribution >= 0.6 is 0 Å². The zero-order valence-corrected chi connectivity index (χ0v) is 11.5. The molecule has 1 saturated heterocycles. The number of hydrogen-bond acceptors (Lipinski definition) is 4. The molecule has 1 atom stereocenters. The first kappa shape index (κ1) is 15.7. The number of hydrogen-bond donors (Lipinski definition) is 1. The zero-order chi connectivity index (χ0) is 15.5. The standard InChI is InChI=1S/C13H16F3N3O2/c1-9-2-3-11(17-6-9)18-12(20)10-7-21-5-4-19(10)8-13(14,15)16/h2-3,6,10H,4-5,7-8H2,1H3,(H,17,18,20). The molecule has 1 unspecified atom stereocenters. The summed E-state index contributed by atoms with van der Waals surface area (Å²) in [4.78, 5) is 17.2. The first-order valence-electron chi connectivity index (χ1n) is 6.47. The van der Waals surface area contributed by atoms with Crippen LogP contribution in [0.1, 0.15) is 5.56 Å². The minimum Gasteiger partial charge on any atom is -0.378 e. The number of nitrogens with zero attached hydrogens (tertiary/aromatic N) is 2. The number of pyridine rings is 1. The molecular formula is C13H16F3N3O2. The van der Waals surface area contributed by atoms with Crippen molar-refractivity contribution in [2.45, 2.75) is 19.1 Å². The van der Waals surface area contributed by atoms with Gasteiger partial charge in [0.05, 0.1) is 19.8 Å². The van der Waals surface area contributed by atoms with Crippen LogP contribution < -0.4 is 5.32 Å². The largest absolute Gasteiger partial charge is 0.401 e. The summed E-state index contributed by atoms with van der Waals surface area (Å²) in [6, 6.07) is 2.39. The number of amides is 1. The van der Waals surface area contributed by atoms with Crippen LogP contribution in [0.25, 0.3) is 0 Å². The molecule has 1 aliphatic heterocycles. The van der Waals surface area contributed by atoms with Gasteiger partial charge in [-0.25, -0.2) is 4.98 Å². The molecule has 21 heavy (non-hydrogen) atoms. The number of aryl methyl sites for hydroxylation is 1. The van der Waals surface area contributed by atoms with Gasteiger partial charge in [-0.1, -0.05) is 6.07 Å². The predicted octanol–water partition coefficient (Wildman–Crippen LogP) is 1.59. The van der Waals surface area contributed by atoms with Crippen LogP contribution in [0.15, 0.2) is 18.3 Å². The van der Waals surface area contributed by atoms with Crippen LogP contribution in [-0.4, -0.2) is 54.3 Å². The molecule has 2 heterocycles. The highest BCUT2D eigenvalue weighted by Crippen LogP contribution is 2.20. The number of halogens is 3. The Hall–Kier alpha value is -1.67. The maximum atomic E-state index is 12.5. The molecule has 2 rings (SSSR count). The summed E-state index contributed by atoms with van der Waals surface area (Å²) >= 11 is 0. The van der Waals surface area contributed by atoms with Gasteiger partial charge in [0.25, 0.3) is 0 Å². The Morgan fingerprint density at radius 3 is 2.90 bits per heavy atom. The van der Waals surface area contributed by atoms with E-state index in [1.54, 1.807) is 18.3 Å². The summed E-state index contributed by atoms with van der Waals surface area (Å²) in [6.45, 7) is 0.907. The van der Waals surface area contributed by atoms with Gasteiger partial charge in [0.1, 0.15) is 11.9 Å². The number of aromatic nitrogens is 1. The van der Waals surface area contributed by atoms with E-state index < -0.39 is 24.7 Å². The van der Waals surface area contributed by atoms with Crippen molar-refractivity contribution >= 4 is 11.7 Å². The second-order valence-electron chi connectivity index (χ2n) is 4.89. The number of ether oxygens (including phenoxy) is 1. The predicted molar refractivity (Wildman–Crippen MR) is 69.8 cm³/mol. The van der Waals surface area contributed by atoms with Gasteiger partial charge in [-0.15, -0.1) is 0 Å². The number of carbonyl (C=O) groups excluding carboxylic acids is 1. The number of morpholine rings is 1. The Labute approximate surface area is 120 Å². The third-order valence-electron chi connectivity index (χ3n) is 3.09. The van der Waals surface area contributed by atoms with Gasteiger partial charge in [-0.3, -0.25) is 9.69 Å². The highest BCUT2D eigenvalue weighted by molar-refractivity contribution is 5.94. The lowest BCUT2D eigenvalue weighted by molar-refractivity contribution is -0.165. The minimum absolute atomic E-state index is 0.0617. The molecule has 1 amide bonds. The fourth-order valence-corrected chi connectivity index (χ4v) is 2.05. The second kappa shape index (κ2) is 6.40. The molecule has 0 radical (unpaired) electrons. The molecule has 1 fully saturated rings. The first-order valence-corrected chi connectivity index (χ1v) is 6.47. The van der Waals surface area contributed by atoms with Gasteiger partial charge < -0.3 is 10.1 Å². The lowest BCUT2D eigenvalue weighted by Crippen LogP contribution is -2.54. The Kier molecular flexibility index (Phi) is 4.79. The third-order valence-corrected chi connectivity index (χ3v) is 3.09. The fourth-order valence-electron chi connectivity index (χ4n) is 2.05. The van der Waals surface area contributed by atoms with Crippen molar-refractivity contribution in [3.8, 4) is 0 Å². The van der Waals surface area contributed by atoms with E-state index in [9.17, 15) is 18.0 Å². The molecule has 1 N–H and O–H groups in total. The molecule has 1 aromatic rings. The Morgan fingerprint density at radius 1 is 1.52 bits per heavy atom. The van der Waals surface area contributed by atoms with Crippen LogP contribution in [0.2, 0.25) is 0 Å². The first-order chi connectivity index (χ1) is 9.85. The SMILES string of the molecule is Cc1ccc(NC(=O)C2COCCN2CC(F)(F)F)nc1. The maximum Gasteiger partial charge on any atom is 0.401 e. The van der Waals surface area contributed by atoms with Gasteiger partial charge in [-0.2, -0.15) is 13.2 Å². The topological polar surface area (TPSA) is 54.5 Å². The van der Waals surface area contributed by atoms with E-state index in [0.717, 1.165) is 10.5 Å². The molecule has 0 bridgehead atoms. The van der Waals surface area contributed by atoms with Crippen LogP contribution in [-0.2, 0) is 9.53 Å². The van der Waals surface area contributed by atoms with Crippen LogP contribution in [0.5, 0.6) is 0 Å². The molecule has 0 spiro atoms. The van der Waals surface area contributed by atoms with Gasteiger partial charge in [0.15, 0.2) is 0 Å². The lowest BCUT2D eigenvalue weighted by atomic mass is 10.2. The van der Waals surface area contributed by atoms with Crippen molar-refractivity contribution in [2.24, 2.45) is 0 Å². The summed E-state index contributed by atoms with van der Waals surface area (Å²) in [5, 5.41) is 2.52. The van der Waals surface area contributed by atoms with E-state index in [-0.39, 0.29) is 19.8 Å². The third kappa shape index (κ3) is 4.68. The van der Waals surface area contributed by atoms with E-state index in [4.69, 9.17) is 4.74 Å². The number of alkyl halides is 3. The van der Waals surface area contributed by atoms with E-state index in [1.807, 2.05) is 6.92 Å². The van der Waals surface area contributed by atoms with Crippen LogP contribution in [0.3, 0.4) is 0 Å². The number of rotatable bonds is 3. The smallest absolute Gasteiger partial charge is 0.378 e. The summed E-state index contributed by atoms with van der Waals surface area (Å²) in [5.41, 5.74) is 0.924. The molecule has 1 aliphatic rings. The number of carbonyl (C=O) groups is 1. The van der Waals surface area contributed by atoms with E-state index in [2.05, 4.69) is 10.3 Å². The monoisotopic (exact) mass is 303 g/mol. The van der Waals surface area contributed by atoms with Crippen molar-refractivity contribution in [1.29, 1.82) is 0 Å². The van der Waals surface area contributed by atoms with Gasteiger partial charge in [0.2, 0.25) is 5.91 Å². The van der Waals surface area contributed by atoms with E-state index in [1.165, 1.54) is 0 Å². The average molecular weight is 303 g/mol. The molecule has 116 valence electrons. The Balaban J connectivity index is 2.02. The summed E-state index contributed by atoms with van der Waals surface area (Å²) in [6.07, 6.45) is -2.78. The summed E-state index contributed by atoms with van der Waals surface area (Å²) < 4.78 is 42.7. The highest BCUT2D eigenvalue weighted by atomic mass is 19.4. The van der Waals surface area contributed by atoms with Gasteiger partial charge in [0, 0.05) is 12.7 Å². The average Bonchev–Trinajstić information content (AvgIpc) is 2.40. The molecule has 5 nitrogen and oxygen atoms in total. The summed E-state index contributed by atoms with van der Waals surface area (Å²) in [5.74, 6) is -0.238. The highest BCUT2D eigenvalue weighted by Gasteiger charge is 2.38. The van der Waals surface area contributed by atoms with E-state index >= 15 is 0 Å². The van der Waals surface area contributed by atoms with E-state index in [0.29, 0.717) is 5.82 Å². The number of anilines is 1. The molecular weight excluding hydrogens is 287 g/mol. The fraction of sp³-hybridized carbons (Fsp3) is 0.538. The number of nitrogens with one attached hydrogen (secondary N) is 1. The van der Waals surface area contributed by atoms with Crippen LogP contribution in [0.4, 0.5) is 19.0 Å². The molecule has 0 aromatic carbocycles. The van der Waals surface area contributed by atoms with Crippen molar-refractivity contribution in [1.82, 2.24) is 9.88 Å². The quantitative estimate of drug-likeness (QED) is 0.921. The van der Waals surface area contributed by atoms with Crippen molar-refractivity contribution in [3.63, 3.8) is 0 Å². The van der Waals surface area contributed by atoms with Crippen molar-refractivity contribution < 1.29 is 22.7 Å². The second-order valence-corrected chi connectivity index (χ2v) is 4.89. The maximum absolute atomic E-state index is 12.5. The molecule has 0 aliphatic carbocycles. The normalized spacial score (nSPS) is 20.3. The zero-order valence-electron chi connectivity index (χ0n) is 11.5. The van der Waals surface area contributed by atoms with Gasteiger partial charge in [-0.05, 0) is 18.6 Å². The Bertz CT molecular complexity index is 490.